The average molecular weight is 137 g/mol. The molecule has 0 aromatic carbocycles. The van der Waals surface area contributed by atoms with Gasteiger partial charge in [-0.15, -0.1) is 0 Å². The molecule has 0 N–H and O–H groups in total. The van der Waals surface area contributed by atoms with Crippen LogP contribution in [0.25, 0.3) is 0 Å². The van der Waals surface area contributed by atoms with Crippen LogP contribution in [0.5, 0.6) is 0 Å². The van der Waals surface area contributed by atoms with Crippen LogP contribution in [0.4, 0.5) is 0 Å². The molecular formula is CFeMnN. The Morgan fingerprint density at radius 2 is 1.75 bits per heavy atom. The van der Waals surface area contributed by atoms with E-state index >= 15 is 0 Å². The summed E-state index contributed by atoms with van der Waals surface area (Å²) in [5, 5.41) is 7.21. The first-order chi connectivity index (χ1) is 1.41. The molecule has 0 aromatic rings. The summed E-state index contributed by atoms with van der Waals surface area (Å²) in [6.45, 7) is 0. The number of hydrogen-bond donors (Lipinski definition) is 0. The average Bonchev–Trinajstić information content (AvgIpc) is 0.918. The smallest absolute Gasteiger partial charge is 0 e. The van der Waals surface area contributed by atoms with Gasteiger partial charge in [0.15, 0.2) is 0 Å². The number of rotatable bonds is 0. The van der Waals surface area contributed by atoms with Crippen LogP contribution in [0.15, 0.2) is 0 Å². The minimum atomic E-state index is 0. The summed E-state index contributed by atoms with van der Waals surface area (Å²) < 4.78 is 0. The van der Waals surface area contributed by atoms with Crippen molar-refractivity contribution in [3.63, 3.8) is 0 Å². The molecule has 0 spiro atoms. The Labute approximate surface area is 43.7 Å². The third-order valence-corrected chi connectivity index (χ3v) is 0. The van der Waals surface area contributed by atoms with Crippen molar-refractivity contribution in [3.8, 4) is 4.97 Å². The van der Waals surface area contributed by atoms with Gasteiger partial charge in [-0.2, -0.15) is 0 Å². The van der Waals surface area contributed by atoms with Crippen LogP contribution >= 0.6 is 0 Å². The molecule has 0 rings (SSSR count). The topological polar surface area (TPSA) is 23.8 Å². The van der Waals surface area contributed by atoms with Gasteiger partial charge in [0, 0.05) is 17.1 Å². The Morgan fingerprint density at radius 3 is 1.75 bits per heavy atom. The Balaban J connectivity index is 0. The second kappa shape index (κ2) is 9.65. The fourth-order valence-electron chi connectivity index (χ4n) is 0. The van der Waals surface area contributed by atoms with Gasteiger partial charge in [-0.1, -0.05) is 0 Å². The summed E-state index contributed by atoms with van der Waals surface area (Å²) in [7, 11) is 0. The predicted octanol–water partition coefficient (Wildman–Crippen LogP) is 0.0118. The van der Waals surface area contributed by atoms with E-state index in [0.717, 1.165) is 0 Å². The van der Waals surface area contributed by atoms with Gasteiger partial charge in [0.25, 0.3) is 0 Å². The van der Waals surface area contributed by atoms with Crippen molar-refractivity contribution in [1.29, 1.82) is 5.26 Å². The molecule has 4 heavy (non-hydrogen) atoms. The summed E-state index contributed by atoms with van der Waals surface area (Å²) in [6.07, 6.45) is 0. The first-order valence-corrected chi connectivity index (χ1v) is 0.952. The molecule has 0 aliphatic rings. The van der Waals surface area contributed by atoms with Crippen molar-refractivity contribution < 1.29 is 33.1 Å². The zero-order valence-electron chi connectivity index (χ0n) is 1.68. The maximum Gasteiger partial charge on any atom is 0 e. The summed E-state index contributed by atoms with van der Waals surface area (Å²) in [5.74, 6) is 0. The third kappa shape index (κ3) is 21.1. The van der Waals surface area contributed by atoms with Gasteiger partial charge >= 0.3 is 26.2 Å². The van der Waals surface area contributed by atoms with E-state index in [9.17, 15) is 0 Å². The molecule has 0 aliphatic heterocycles. The molecule has 1 nitrogen and oxygen atoms in total. The van der Waals surface area contributed by atoms with Crippen LogP contribution in [-0.2, 0) is 33.1 Å². The van der Waals surface area contributed by atoms with E-state index < -0.39 is 0 Å². The molecule has 1 radical (unpaired) electrons. The van der Waals surface area contributed by atoms with Crippen LogP contribution in [0, 0.1) is 10.2 Å². The summed E-state index contributed by atoms with van der Waals surface area (Å²) in [6, 6.07) is 0. The molecule has 0 saturated carbocycles. The van der Waals surface area contributed by atoms with Crippen LogP contribution < -0.4 is 0 Å². The number of nitriles is 1. The largest absolute Gasteiger partial charge is 0 e. The second-order valence-electron chi connectivity index (χ2n) is 0.0791. The van der Waals surface area contributed by atoms with Gasteiger partial charge in [-0.05, 0) is 0 Å². The van der Waals surface area contributed by atoms with Crippen LogP contribution in [-0.4, -0.2) is 0 Å². The van der Waals surface area contributed by atoms with Gasteiger partial charge in [0.05, 0.1) is 0 Å². The number of hydrogen-bond acceptors (Lipinski definition) is 1. The zero-order valence-corrected chi connectivity index (χ0v) is 3.96. The van der Waals surface area contributed by atoms with Crippen molar-refractivity contribution in [2.75, 3.05) is 0 Å². The summed E-state index contributed by atoms with van der Waals surface area (Å²) in [5.41, 5.74) is 0. The van der Waals surface area contributed by atoms with Gasteiger partial charge in [-0.3, -0.25) is 0 Å². The second-order valence-corrected chi connectivity index (χ2v) is 0.326. The van der Waals surface area contributed by atoms with Crippen molar-refractivity contribution in [2.24, 2.45) is 0 Å². The fourth-order valence-corrected chi connectivity index (χ4v) is 0. The summed E-state index contributed by atoms with van der Waals surface area (Å²) in [4.78, 5) is 1.50. The van der Waals surface area contributed by atoms with Crippen LogP contribution in [0.3, 0.4) is 0 Å². The van der Waals surface area contributed by atoms with E-state index in [-0.39, 0.29) is 17.1 Å². The fraction of sp³-hybridized carbons (Fsp3) is 0. The molecule has 0 bridgehead atoms. The van der Waals surface area contributed by atoms with Crippen molar-refractivity contribution >= 4 is 0 Å². The standard InChI is InChI=1S/CN.Fe.Mn/c1-2;;. The van der Waals surface area contributed by atoms with Crippen molar-refractivity contribution in [1.82, 2.24) is 0 Å². The molecule has 0 aromatic heterocycles. The van der Waals surface area contributed by atoms with Gasteiger partial charge < -0.3 is 0 Å². The molecule has 3 heteroatoms. The van der Waals surface area contributed by atoms with Gasteiger partial charge in [0.2, 0.25) is 0 Å². The van der Waals surface area contributed by atoms with Crippen LogP contribution in [0.1, 0.15) is 0 Å². The minimum absolute atomic E-state index is 0. The Bertz CT molecular complexity index is 29.5. The molecular weight excluding hydrogens is 137 g/mol. The van der Waals surface area contributed by atoms with E-state index in [2.05, 4.69) is 16.0 Å². The molecule has 0 fully saturated rings. The van der Waals surface area contributed by atoms with E-state index in [1.807, 2.05) is 0 Å². The molecule has 0 saturated heterocycles. The molecule has 0 amide bonds. The molecule has 0 aliphatic carbocycles. The predicted molar refractivity (Wildman–Crippen MR) is 5.61 cm³/mol. The van der Waals surface area contributed by atoms with Crippen molar-refractivity contribution in [3.05, 3.63) is 0 Å². The van der Waals surface area contributed by atoms with E-state index in [0.29, 0.717) is 0 Å². The third-order valence-electron chi connectivity index (χ3n) is 0. The first kappa shape index (κ1) is 8.82. The molecule has 0 atom stereocenters. The molecule has 0 heterocycles. The van der Waals surface area contributed by atoms with Crippen molar-refractivity contribution in [2.45, 2.75) is 0 Å². The summed E-state index contributed by atoms with van der Waals surface area (Å²) >= 11 is 2.79. The Kier molecular flexibility index (Phi) is 21.3. The normalized spacial score (nSPS) is 2.00. The van der Waals surface area contributed by atoms with Gasteiger partial charge in [-0.25, -0.2) is 0 Å². The number of nitrogens with zero attached hydrogens (tertiary/aromatic N) is 1. The quantitative estimate of drug-likeness (QED) is 0.431. The zero-order chi connectivity index (χ0) is 2.71. The maximum absolute atomic E-state index is 7.21. The van der Waals surface area contributed by atoms with E-state index in [1.165, 1.54) is 4.97 Å². The Morgan fingerprint density at radius 1 is 1.75 bits per heavy atom. The van der Waals surface area contributed by atoms with E-state index in [4.69, 9.17) is 5.26 Å². The Hall–Kier alpha value is 0.529. The van der Waals surface area contributed by atoms with Gasteiger partial charge in [0.1, 0.15) is 0 Å². The SMILES string of the molecule is N#[C][Fe].[Mn]. The van der Waals surface area contributed by atoms with Crippen LogP contribution in [0.2, 0.25) is 0 Å². The molecule has 24 valence electrons. The minimum Gasteiger partial charge on any atom is 0 e. The first-order valence-electron chi connectivity index (χ1n) is 0.400. The monoisotopic (exact) mass is 137 g/mol. The maximum atomic E-state index is 7.21. The van der Waals surface area contributed by atoms with E-state index in [1.54, 1.807) is 0 Å². The molecule has 0 unspecified atom stereocenters.